The van der Waals surface area contributed by atoms with Crippen LogP contribution in [0.3, 0.4) is 0 Å². The average Bonchev–Trinajstić information content (AvgIpc) is 3.86. The molecule has 0 unspecified atom stereocenters. The van der Waals surface area contributed by atoms with Gasteiger partial charge in [-0.2, -0.15) is 18.2 Å². The Morgan fingerprint density at radius 3 is 2.33 bits per heavy atom. The molecule has 0 radical (unpaired) electrons. The number of aryl methyl sites for hydroxylation is 2. The van der Waals surface area contributed by atoms with Gasteiger partial charge in [0.1, 0.15) is 12.9 Å². The third-order valence-electron chi connectivity index (χ3n) is 10.5. The van der Waals surface area contributed by atoms with Crippen LogP contribution in [0.15, 0.2) is 53.4 Å². The minimum atomic E-state index is -4.38. The van der Waals surface area contributed by atoms with Crippen molar-refractivity contribution in [1.82, 2.24) is 20.2 Å². The van der Waals surface area contributed by atoms with Gasteiger partial charge in [-0.25, -0.2) is 22.9 Å². The van der Waals surface area contributed by atoms with E-state index in [1.807, 2.05) is 43.9 Å². The van der Waals surface area contributed by atoms with Gasteiger partial charge in [0.15, 0.2) is 0 Å². The van der Waals surface area contributed by atoms with Crippen LogP contribution in [0.4, 0.5) is 23.9 Å². The Bertz CT molecular complexity index is 1880. The van der Waals surface area contributed by atoms with E-state index in [9.17, 15) is 31.2 Å². The summed E-state index contributed by atoms with van der Waals surface area (Å²) in [6.07, 6.45) is -2.33. The zero-order chi connectivity index (χ0) is 38.1. The lowest BCUT2D eigenvalue weighted by Crippen LogP contribution is -2.53. The lowest BCUT2D eigenvalue weighted by Gasteiger charge is -2.48. The van der Waals surface area contributed by atoms with Gasteiger partial charge in [0, 0.05) is 35.3 Å². The van der Waals surface area contributed by atoms with Crippen LogP contribution in [-0.2, 0) is 14.8 Å². The minimum absolute atomic E-state index is 0.0161. The number of carbonyl (C=O) groups excluding carboxylic acids is 2. The Morgan fingerprint density at radius 2 is 1.73 bits per heavy atom. The second-order valence-electron chi connectivity index (χ2n) is 14.7. The van der Waals surface area contributed by atoms with Gasteiger partial charge in [0.25, 0.3) is 10.0 Å². The van der Waals surface area contributed by atoms with Crippen LogP contribution >= 0.6 is 0 Å². The number of anilines is 1. The monoisotopic (exact) mass is 745 g/mol. The number of nitrogens with one attached hydrogen (secondary N) is 2. The fraction of sp³-hybridized carbons (Fsp3) is 0.514. The van der Waals surface area contributed by atoms with Gasteiger partial charge in [-0.15, -0.1) is 0 Å². The maximum Gasteiger partial charge on any atom is 0.407 e. The Labute approximate surface area is 302 Å². The predicted molar refractivity (Wildman–Crippen MR) is 190 cm³/mol. The Morgan fingerprint density at radius 1 is 1.08 bits per heavy atom. The zero-order valence-electron chi connectivity index (χ0n) is 30.2. The molecular formula is C37H46F3N5O6S. The van der Waals surface area contributed by atoms with Gasteiger partial charge >= 0.3 is 12.3 Å². The molecule has 1 aromatic heterocycles. The van der Waals surface area contributed by atoms with Crippen molar-refractivity contribution in [3.8, 4) is 17.1 Å². The summed E-state index contributed by atoms with van der Waals surface area (Å²) in [5, 5.41) is 2.81. The highest BCUT2D eigenvalue weighted by Crippen LogP contribution is 2.61. The highest BCUT2D eigenvalue weighted by atomic mass is 32.2. The first-order valence-electron chi connectivity index (χ1n) is 17.2. The van der Waals surface area contributed by atoms with E-state index in [1.54, 1.807) is 13.1 Å². The van der Waals surface area contributed by atoms with Crippen molar-refractivity contribution in [2.75, 3.05) is 25.5 Å². The van der Waals surface area contributed by atoms with E-state index in [2.05, 4.69) is 26.9 Å². The first-order valence-corrected chi connectivity index (χ1v) is 18.7. The van der Waals surface area contributed by atoms with Crippen LogP contribution in [0.2, 0.25) is 0 Å². The van der Waals surface area contributed by atoms with Crippen LogP contribution in [0.1, 0.15) is 73.9 Å². The fourth-order valence-corrected chi connectivity index (χ4v) is 8.37. The van der Waals surface area contributed by atoms with Gasteiger partial charge in [0.05, 0.1) is 23.1 Å². The predicted octanol–water partition coefficient (Wildman–Crippen LogP) is 7.09. The van der Waals surface area contributed by atoms with Gasteiger partial charge in [-0.3, -0.25) is 9.69 Å². The molecule has 2 N–H and O–H groups in total. The van der Waals surface area contributed by atoms with Crippen molar-refractivity contribution in [2.24, 2.45) is 10.8 Å². The molecule has 2 aliphatic rings. The van der Waals surface area contributed by atoms with Crippen molar-refractivity contribution in [3.05, 3.63) is 65.2 Å². The first kappa shape index (κ1) is 39.0. The maximum atomic E-state index is 14.3. The second kappa shape index (κ2) is 15.0. The summed E-state index contributed by atoms with van der Waals surface area (Å²) in [4.78, 5) is 33.6. The lowest BCUT2D eigenvalue weighted by molar-refractivity contribution is -0.193. The van der Waals surface area contributed by atoms with E-state index in [-0.39, 0.29) is 65.7 Å². The lowest BCUT2D eigenvalue weighted by atomic mass is 9.63. The van der Waals surface area contributed by atoms with Crippen molar-refractivity contribution in [1.29, 1.82) is 0 Å². The Balaban J connectivity index is 1.42. The number of methoxy groups -OCH3 is 1. The number of amides is 1. The molecule has 11 nitrogen and oxygen atoms in total. The molecule has 2 saturated carbocycles. The SMILES string of the molecule is COC(=O)NC1CC(C)(C[C@H](C)N(C)[C@@H](COc2cc(-c3c(C)cccc3C)nc(NS(=O)(=O)c3cccc(C=O)c3)n2)CC2(C(F)(F)F)CC2)C1. The molecule has 2 fully saturated rings. The zero-order valence-corrected chi connectivity index (χ0v) is 31.0. The standard InChI is InChI=1S/C37H46F3N5O6S/c1-23-9-7-10-24(2)32(23)30-16-31(43-33(42-30)44-52(48,49)29-12-8-11-26(15-29)21-46)51-22-28(20-36(13-14-36)37(38,39)40)45(5)25(3)17-35(4)18-27(19-35)41-34(47)50-6/h7-12,15-16,21,25,27-28H,13-14,17-20,22H2,1-6H3,(H,41,47)(H,42,43,44)/t25-,27?,28+,35?/m0/s1. The number of alkyl carbamates (subject to hydrolysis) is 1. The molecule has 3 aromatic rings. The van der Waals surface area contributed by atoms with Gasteiger partial charge < -0.3 is 14.8 Å². The van der Waals surface area contributed by atoms with Crippen molar-refractivity contribution < 1.29 is 40.7 Å². The normalized spacial score (nSPS) is 20.7. The molecule has 52 heavy (non-hydrogen) atoms. The van der Waals surface area contributed by atoms with Crippen molar-refractivity contribution in [2.45, 2.75) is 95.4 Å². The quantitative estimate of drug-likeness (QED) is 0.156. The number of likely N-dealkylation sites (N-methyl/N-ethyl adjacent to an activating group) is 1. The van der Waals surface area contributed by atoms with E-state index >= 15 is 0 Å². The number of halogens is 3. The maximum absolute atomic E-state index is 14.3. The summed E-state index contributed by atoms with van der Waals surface area (Å²) in [5.41, 5.74) is 1.03. The topological polar surface area (TPSA) is 140 Å². The third kappa shape index (κ3) is 8.85. The summed E-state index contributed by atoms with van der Waals surface area (Å²) in [6, 6.07) is 11.8. The molecule has 0 bridgehead atoms. The highest BCUT2D eigenvalue weighted by Gasteiger charge is 2.63. The molecule has 1 heterocycles. The smallest absolute Gasteiger partial charge is 0.407 e. The Hall–Kier alpha value is -4.24. The van der Waals surface area contributed by atoms with Gasteiger partial charge in [0.2, 0.25) is 11.8 Å². The molecule has 282 valence electrons. The molecule has 2 aliphatic carbocycles. The highest BCUT2D eigenvalue weighted by molar-refractivity contribution is 7.92. The number of ether oxygens (including phenoxy) is 2. The molecule has 0 spiro atoms. The molecule has 0 aliphatic heterocycles. The second-order valence-corrected chi connectivity index (χ2v) is 16.4. The van der Waals surface area contributed by atoms with Crippen molar-refractivity contribution in [3.63, 3.8) is 0 Å². The van der Waals surface area contributed by atoms with Crippen LogP contribution in [-0.4, -0.2) is 80.7 Å². The number of aromatic nitrogens is 2. The van der Waals surface area contributed by atoms with E-state index in [1.165, 1.54) is 31.4 Å². The molecule has 1 amide bonds. The largest absolute Gasteiger partial charge is 0.476 e. The molecule has 2 atom stereocenters. The number of alkyl halides is 3. The fourth-order valence-electron chi connectivity index (χ4n) is 7.37. The third-order valence-corrected chi connectivity index (χ3v) is 11.8. The first-order chi connectivity index (χ1) is 24.4. The number of hydrogen-bond acceptors (Lipinski definition) is 9. The van der Waals surface area contributed by atoms with Crippen LogP contribution in [0, 0.1) is 24.7 Å². The molecule has 0 saturated heterocycles. The molecule has 2 aromatic carbocycles. The number of sulfonamides is 1. The van der Waals surface area contributed by atoms with E-state index < -0.39 is 33.7 Å². The summed E-state index contributed by atoms with van der Waals surface area (Å²) in [6.45, 7) is 7.69. The molecule has 15 heteroatoms. The molecule has 5 rings (SSSR count). The molecular weight excluding hydrogens is 699 g/mol. The van der Waals surface area contributed by atoms with Crippen LogP contribution in [0.25, 0.3) is 11.3 Å². The summed E-state index contributed by atoms with van der Waals surface area (Å²) in [7, 11) is -1.14. The van der Waals surface area contributed by atoms with Crippen LogP contribution < -0.4 is 14.8 Å². The van der Waals surface area contributed by atoms with E-state index in [0.29, 0.717) is 31.2 Å². The number of aldehydes is 1. The number of rotatable bonds is 15. The summed E-state index contributed by atoms with van der Waals surface area (Å²) >= 11 is 0. The van der Waals surface area contributed by atoms with Gasteiger partial charge in [-0.1, -0.05) is 37.3 Å². The summed E-state index contributed by atoms with van der Waals surface area (Å²) in [5.74, 6) is -0.315. The minimum Gasteiger partial charge on any atom is -0.476 e. The van der Waals surface area contributed by atoms with E-state index in [0.717, 1.165) is 16.7 Å². The number of nitrogens with zero attached hydrogens (tertiary/aromatic N) is 3. The average molecular weight is 746 g/mol. The number of benzene rings is 2. The Kier molecular flexibility index (Phi) is 11.3. The summed E-state index contributed by atoms with van der Waals surface area (Å²) < 4.78 is 83.0. The number of carbonyl (C=O) groups is 2. The van der Waals surface area contributed by atoms with Gasteiger partial charge in [-0.05, 0) is 95.0 Å². The van der Waals surface area contributed by atoms with Crippen LogP contribution in [0.5, 0.6) is 5.88 Å². The number of hydrogen-bond donors (Lipinski definition) is 2. The van der Waals surface area contributed by atoms with E-state index in [4.69, 9.17) is 9.47 Å². The van der Waals surface area contributed by atoms with Crippen molar-refractivity contribution >= 4 is 28.4 Å².